The minimum atomic E-state index is 0.225. The first-order chi connectivity index (χ1) is 7.06. The molecule has 0 saturated carbocycles. The van der Waals surface area contributed by atoms with Crippen molar-refractivity contribution in [1.29, 1.82) is 0 Å². The van der Waals surface area contributed by atoms with Crippen LogP contribution in [0.1, 0.15) is 34.1 Å². The molecule has 0 aromatic rings. The lowest BCUT2D eigenvalue weighted by atomic mass is 10.2. The van der Waals surface area contributed by atoms with Gasteiger partial charge in [0.05, 0.1) is 0 Å². The Balaban J connectivity index is 4.23. The van der Waals surface area contributed by atoms with Crippen molar-refractivity contribution in [2.75, 3.05) is 6.61 Å². The summed E-state index contributed by atoms with van der Waals surface area (Å²) < 4.78 is 0. The van der Waals surface area contributed by atoms with Gasteiger partial charge in [-0.1, -0.05) is 47.1 Å². The van der Waals surface area contributed by atoms with Crippen molar-refractivity contribution in [2.24, 2.45) is 0 Å². The molecular weight excluding hydrogens is 184 g/mol. The van der Waals surface area contributed by atoms with Crippen LogP contribution in [-0.2, 0) is 0 Å². The monoisotopic (exact) mass is 206 g/mol. The highest BCUT2D eigenvalue weighted by Gasteiger charge is 1.84. The first-order valence-corrected chi connectivity index (χ1v) is 5.32. The second kappa shape index (κ2) is 8.25. The first kappa shape index (κ1) is 13.9. The van der Waals surface area contributed by atoms with E-state index >= 15 is 0 Å². The molecule has 0 heterocycles. The molecular formula is C14H22O. The van der Waals surface area contributed by atoms with Gasteiger partial charge in [-0.3, -0.25) is 0 Å². The summed E-state index contributed by atoms with van der Waals surface area (Å²) in [6.45, 7) is 8.49. The molecule has 0 amide bonds. The van der Waals surface area contributed by atoms with E-state index in [9.17, 15) is 0 Å². The maximum atomic E-state index is 8.71. The van der Waals surface area contributed by atoms with Crippen LogP contribution in [0.25, 0.3) is 0 Å². The predicted molar refractivity (Wildman–Crippen MR) is 67.8 cm³/mol. The van der Waals surface area contributed by atoms with E-state index < -0.39 is 0 Å². The molecule has 0 aromatic carbocycles. The van der Waals surface area contributed by atoms with Gasteiger partial charge in [0.25, 0.3) is 0 Å². The average Bonchev–Trinajstić information content (AvgIpc) is 2.15. The van der Waals surface area contributed by atoms with Crippen LogP contribution < -0.4 is 0 Å². The quantitative estimate of drug-likeness (QED) is 0.679. The van der Waals surface area contributed by atoms with E-state index in [4.69, 9.17) is 5.11 Å². The van der Waals surface area contributed by atoms with Crippen molar-refractivity contribution in [3.8, 4) is 0 Å². The van der Waals surface area contributed by atoms with E-state index in [1.165, 1.54) is 16.7 Å². The molecule has 0 saturated heterocycles. The van der Waals surface area contributed by atoms with Gasteiger partial charge in [0, 0.05) is 6.61 Å². The molecule has 0 aliphatic carbocycles. The Kier molecular flexibility index (Phi) is 7.65. The van der Waals surface area contributed by atoms with Crippen molar-refractivity contribution < 1.29 is 5.11 Å². The minimum Gasteiger partial charge on any atom is -0.396 e. The number of hydrogen-bond acceptors (Lipinski definition) is 1. The Morgan fingerprint density at radius 3 is 2.20 bits per heavy atom. The molecule has 0 radical (unpaired) electrons. The van der Waals surface area contributed by atoms with E-state index in [1.807, 2.05) is 19.1 Å². The molecule has 0 fully saturated rings. The normalized spacial score (nSPS) is 13.4. The minimum absolute atomic E-state index is 0.225. The Hall–Kier alpha value is -1.08. The van der Waals surface area contributed by atoms with Crippen LogP contribution in [-0.4, -0.2) is 11.7 Å². The topological polar surface area (TPSA) is 20.2 Å². The second-order valence-electron chi connectivity index (χ2n) is 4.00. The molecule has 0 bridgehead atoms. The number of aliphatic hydroxyl groups excluding tert-OH is 1. The largest absolute Gasteiger partial charge is 0.396 e. The highest BCUT2D eigenvalue weighted by atomic mass is 16.2. The lowest BCUT2D eigenvalue weighted by molar-refractivity contribution is 0.299. The molecule has 0 aliphatic rings. The molecule has 1 heteroatoms. The van der Waals surface area contributed by atoms with Gasteiger partial charge >= 0.3 is 0 Å². The molecule has 0 atom stereocenters. The maximum Gasteiger partial charge on any atom is 0.0468 e. The fourth-order valence-electron chi connectivity index (χ4n) is 0.978. The summed E-state index contributed by atoms with van der Waals surface area (Å²) in [6.07, 6.45) is 11.1. The van der Waals surface area contributed by atoms with E-state index in [2.05, 4.69) is 39.0 Å². The van der Waals surface area contributed by atoms with Crippen LogP contribution in [0.2, 0.25) is 0 Å². The molecule has 84 valence electrons. The van der Waals surface area contributed by atoms with Crippen molar-refractivity contribution in [3.05, 3.63) is 47.1 Å². The molecule has 1 N–H and O–H groups in total. The van der Waals surface area contributed by atoms with Crippen molar-refractivity contribution in [3.63, 3.8) is 0 Å². The molecule has 0 unspecified atom stereocenters. The highest BCUT2D eigenvalue weighted by Crippen LogP contribution is 2.02. The van der Waals surface area contributed by atoms with E-state index in [0.717, 1.165) is 6.42 Å². The average molecular weight is 206 g/mol. The van der Waals surface area contributed by atoms with Crippen molar-refractivity contribution in [2.45, 2.75) is 34.1 Å². The summed E-state index contributed by atoms with van der Waals surface area (Å²) in [5.41, 5.74) is 3.72. The predicted octanol–water partition coefficient (Wildman–Crippen LogP) is 3.78. The van der Waals surface area contributed by atoms with Crippen LogP contribution >= 0.6 is 0 Å². The molecule has 15 heavy (non-hydrogen) atoms. The van der Waals surface area contributed by atoms with Crippen molar-refractivity contribution >= 4 is 0 Å². The van der Waals surface area contributed by atoms with Gasteiger partial charge in [-0.2, -0.15) is 0 Å². The van der Waals surface area contributed by atoms with Crippen LogP contribution in [0.15, 0.2) is 47.1 Å². The van der Waals surface area contributed by atoms with Gasteiger partial charge in [-0.25, -0.2) is 0 Å². The van der Waals surface area contributed by atoms with Gasteiger partial charge in [-0.15, -0.1) is 0 Å². The molecule has 0 spiro atoms. The van der Waals surface area contributed by atoms with Gasteiger partial charge < -0.3 is 5.11 Å². The Labute approximate surface area is 93.5 Å². The summed E-state index contributed by atoms with van der Waals surface area (Å²) in [4.78, 5) is 0. The fraction of sp³-hybridized carbons (Fsp3) is 0.429. The van der Waals surface area contributed by atoms with E-state index in [0.29, 0.717) is 0 Å². The van der Waals surface area contributed by atoms with Gasteiger partial charge in [0.1, 0.15) is 0 Å². The maximum absolute atomic E-state index is 8.71. The van der Waals surface area contributed by atoms with Crippen LogP contribution in [0, 0.1) is 0 Å². The van der Waals surface area contributed by atoms with Gasteiger partial charge in [-0.05, 0) is 34.1 Å². The molecule has 0 aromatic heterocycles. The van der Waals surface area contributed by atoms with Crippen LogP contribution in [0.4, 0.5) is 0 Å². The van der Waals surface area contributed by atoms with Crippen LogP contribution in [0.3, 0.4) is 0 Å². The van der Waals surface area contributed by atoms with E-state index in [1.54, 1.807) is 0 Å². The number of aliphatic hydroxyl groups is 1. The smallest absolute Gasteiger partial charge is 0.0468 e. The molecule has 0 rings (SSSR count). The number of allylic oxidation sites excluding steroid dienone is 7. The molecule has 0 aliphatic heterocycles. The Bertz CT molecular complexity index is 286. The number of hydrogen-bond donors (Lipinski definition) is 1. The number of rotatable bonds is 5. The molecule has 1 nitrogen and oxygen atoms in total. The van der Waals surface area contributed by atoms with Crippen molar-refractivity contribution in [1.82, 2.24) is 0 Å². The fourth-order valence-corrected chi connectivity index (χ4v) is 0.978. The van der Waals surface area contributed by atoms with Gasteiger partial charge in [0.2, 0.25) is 0 Å². The summed E-state index contributed by atoms with van der Waals surface area (Å²) in [5.74, 6) is 0. The first-order valence-electron chi connectivity index (χ1n) is 5.32. The second-order valence-corrected chi connectivity index (χ2v) is 4.00. The van der Waals surface area contributed by atoms with E-state index in [-0.39, 0.29) is 6.61 Å². The van der Waals surface area contributed by atoms with Crippen LogP contribution in [0.5, 0.6) is 0 Å². The Morgan fingerprint density at radius 1 is 1.00 bits per heavy atom. The summed E-state index contributed by atoms with van der Waals surface area (Å²) in [6, 6.07) is 0. The zero-order valence-corrected chi connectivity index (χ0v) is 10.2. The lowest BCUT2D eigenvalue weighted by Gasteiger charge is -1.93. The zero-order valence-electron chi connectivity index (χ0n) is 10.2. The summed E-state index contributed by atoms with van der Waals surface area (Å²) in [5, 5.41) is 8.71. The highest BCUT2D eigenvalue weighted by molar-refractivity contribution is 5.26. The Morgan fingerprint density at radius 2 is 1.67 bits per heavy atom. The lowest BCUT2D eigenvalue weighted by Crippen LogP contribution is -1.82. The third-order valence-corrected chi connectivity index (χ3v) is 1.93. The zero-order chi connectivity index (χ0) is 11.7. The third kappa shape index (κ3) is 9.23. The van der Waals surface area contributed by atoms with Gasteiger partial charge in [0.15, 0.2) is 0 Å². The summed E-state index contributed by atoms with van der Waals surface area (Å²) in [7, 11) is 0. The summed E-state index contributed by atoms with van der Waals surface area (Å²) >= 11 is 0. The third-order valence-electron chi connectivity index (χ3n) is 1.93. The SMILES string of the molecule is CC(C)=C/C=C(C)/C=C/C=C(/C)CCO. The standard InChI is InChI=1S/C14H22O/c1-12(2)8-9-13(3)6-5-7-14(4)10-11-15/h5-9,15H,10-11H2,1-4H3/b6-5+,13-9+,14-7-.